The second-order valence-electron chi connectivity index (χ2n) is 3.99. The molecule has 0 amide bonds. The van der Waals surface area contributed by atoms with E-state index < -0.39 is 0 Å². The van der Waals surface area contributed by atoms with Crippen LogP contribution in [-0.2, 0) is 0 Å². The minimum Gasteiger partial charge on any atom is -0.330 e. The second kappa shape index (κ2) is 5.08. The molecule has 4 heteroatoms. The highest BCUT2D eigenvalue weighted by Gasteiger charge is 2.12. The first-order chi connectivity index (χ1) is 7.72. The number of nitrogens with zero attached hydrogens (tertiary/aromatic N) is 1. The number of aromatic nitrogens is 1. The number of hydrogen-bond acceptors (Lipinski definition) is 4. The van der Waals surface area contributed by atoms with E-state index in [4.69, 9.17) is 10.7 Å². The molecule has 2 aromatic heterocycles. The van der Waals surface area contributed by atoms with Crippen LogP contribution in [0.3, 0.4) is 0 Å². The highest BCUT2D eigenvalue weighted by molar-refractivity contribution is 7.20. The van der Waals surface area contributed by atoms with E-state index in [1.54, 1.807) is 22.7 Å². The van der Waals surface area contributed by atoms with Crippen LogP contribution in [0, 0.1) is 6.92 Å². The third-order valence-electron chi connectivity index (χ3n) is 2.68. The Morgan fingerprint density at radius 1 is 1.44 bits per heavy atom. The van der Waals surface area contributed by atoms with Crippen molar-refractivity contribution in [2.75, 3.05) is 6.54 Å². The van der Waals surface area contributed by atoms with E-state index in [9.17, 15) is 0 Å². The molecule has 2 N–H and O–H groups in total. The average molecular weight is 252 g/mol. The first kappa shape index (κ1) is 11.8. The smallest absolute Gasteiger partial charge is 0.133 e. The van der Waals surface area contributed by atoms with E-state index in [1.807, 2.05) is 0 Å². The lowest BCUT2D eigenvalue weighted by atomic mass is 10.1. The fourth-order valence-electron chi connectivity index (χ4n) is 1.61. The monoisotopic (exact) mass is 252 g/mol. The van der Waals surface area contributed by atoms with Crippen molar-refractivity contribution in [3.05, 3.63) is 28.1 Å². The Balaban J connectivity index is 2.23. The van der Waals surface area contributed by atoms with Crippen molar-refractivity contribution >= 4 is 22.7 Å². The third kappa shape index (κ3) is 2.34. The van der Waals surface area contributed by atoms with Gasteiger partial charge in [-0.25, -0.2) is 4.98 Å². The molecular weight excluding hydrogens is 236 g/mol. The maximum atomic E-state index is 5.57. The zero-order valence-electron chi connectivity index (χ0n) is 9.56. The molecule has 2 heterocycles. The summed E-state index contributed by atoms with van der Waals surface area (Å²) in [5.74, 6) is 0.468. The van der Waals surface area contributed by atoms with Crippen molar-refractivity contribution in [2.45, 2.75) is 26.2 Å². The highest BCUT2D eigenvalue weighted by atomic mass is 32.1. The van der Waals surface area contributed by atoms with Gasteiger partial charge in [-0.05, 0) is 36.9 Å². The van der Waals surface area contributed by atoms with Crippen LogP contribution >= 0.6 is 22.7 Å². The van der Waals surface area contributed by atoms with Gasteiger partial charge in [-0.1, -0.05) is 6.92 Å². The zero-order valence-corrected chi connectivity index (χ0v) is 11.2. The van der Waals surface area contributed by atoms with E-state index in [-0.39, 0.29) is 0 Å². The van der Waals surface area contributed by atoms with Gasteiger partial charge in [-0.2, -0.15) is 0 Å². The van der Waals surface area contributed by atoms with Gasteiger partial charge in [0.2, 0.25) is 0 Å². The Morgan fingerprint density at radius 3 is 2.88 bits per heavy atom. The van der Waals surface area contributed by atoms with Gasteiger partial charge >= 0.3 is 0 Å². The quantitative estimate of drug-likeness (QED) is 0.902. The molecule has 0 bridgehead atoms. The fourth-order valence-corrected chi connectivity index (χ4v) is 3.65. The van der Waals surface area contributed by atoms with Crippen LogP contribution in [0.1, 0.15) is 30.5 Å². The van der Waals surface area contributed by atoms with Crippen LogP contribution in [0.15, 0.2) is 16.8 Å². The fraction of sp³-hybridized carbons (Fsp3) is 0.417. The largest absolute Gasteiger partial charge is 0.330 e. The number of thiazole rings is 1. The van der Waals surface area contributed by atoms with Gasteiger partial charge in [-0.15, -0.1) is 22.7 Å². The van der Waals surface area contributed by atoms with Gasteiger partial charge in [0.05, 0.1) is 10.6 Å². The Bertz CT molecular complexity index is 459. The summed E-state index contributed by atoms with van der Waals surface area (Å²) < 4.78 is 0. The summed E-state index contributed by atoms with van der Waals surface area (Å²) in [6.45, 7) is 5.05. The highest BCUT2D eigenvalue weighted by Crippen LogP contribution is 2.33. The first-order valence-corrected chi connectivity index (χ1v) is 7.18. The Labute approximate surface area is 104 Å². The lowest BCUT2D eigenvalue weighted by Gasteiger charge is -2.04. The molecule has 16 heavy (non-hydrogen) atoms. The first-order valence-electron chi connectivity index (χ1n) is 5.42. The van der Waals surface area contributed by atoms with E-state index in [1.165, 1.54) is 16.1 Å². The normalized spacial score (nSPS) is 12.9. The molecule has 0 aromatic carbocycles. The molecule has 0 saturated carbocycles. The summed E-state index contributed by atoms with van der Waals surface area (Å²) in [6.07, 6.45) is 1.01. The summed E-state index contributed by atoms with van der Waals surface area (Å²) in [6, 6.07) is 2.14. The molecule has 1 atom stereocenters. The topological polar surface area (TPSA) is 38.9 Å². The Hall–Kier alpha value is -0.710. The second-order valence-corrected chi connectivity index (χ2v) is 5.76. The molecule has 0 aliphatic heterocycles. The molecule has 0 saturated heterocycles. The van der Waals surface area contributed by atoms with Crippen LogP contribution in [0.4, 0.5) is 0 Å². The Morgan fingerprint density at radius 2 is 2.25 bits per heavy atom. The number of rotatable bonds is 4. The van der Waals surface area contributed by atoms with Crippen LogP contribution < -0.4 is 5.73 Å². The van der Waals surface area contributed by atoms with Gasteiger partial charge in [0.15, 0.2) is 0 Å². The van der Waals surface area contributed by atoms with E-state index in [0.717, 1.165) is 18.0 Å². The van der Waals surface area contributed by atoms with Crippen LogP contribution in [0.5, 0.6) is 0 Å². The van der Waals surface area contributed by atoms with Gasteiger partial charge in [-0.3, -0.25) is 0 Å². The van der Waals surface area contributed by atoms with Gasteiger partial charge in [0.1, 0.15) is 5.01 Å². The minimum absolute atomic E-state index is 0.468. The SMILES string of the molecule is Cc1ccsc1-c1nc(C(C)CCN)cs1. The lowest BCUT2D eigenvalue weighted by molar-refractivity contribution is 0.675. The average Bonchev–Trinajstić information content (AvgIpc) is 2.86. The van der Waals surface area contributed by atoms with Gasteiger partial charge in [0.25, 0.3) is 0 Å². The zero-order chi connectivity index (χ0) is 11.5. The maximum absolute atomic E-state index is 5.57. The molecular formula is C12H16N2S2. The van der Waals surface area contributed by atoms with E-state index in [2.05, 4.69) is 30.7 Å². The molecule has 0 radical (unpaired) electrons. The number of hydrogen-bond donors (Lipinski definition) is 1. The molecule has 0 aliphatic carbocycles. The molecule has 86 valence electrons. The molecule has 0 aliphatic rings. The summed E-state index contributed by atoms with van der Waals surface area (Å²) in [5, 5.41) is 5.43. The van der Waals surface area contributed by atoms with Crippen LogP contribution in [0.25, 0.3) is 9.88 Å². The number of aryl methyl sites for hydroxylation is 1. The lowest BCUT2D eigenvalue weighted by Crippen LogP contribution is -2.04. The molecule has 2 aromatic rings. The summed E-state index contributed by atoms with van der Waals surface area (Å²) >= 11 is 3.50. The Kier molecular flexibility index (Phi) is 3.74. The molecule has 0 spiro atoms. The van der Waals surface area contributed by atoms with Crippen molar-refractivity contribution in [2.24, 2.45) is 5.73 Å². The van der Waals surface area contributed by atoms with Crippen LogP contribution in [0.2, 0.25) is 0 Å². The molecule has 2 nitrogen and oxygen atoms in total. The van der Waals surface area contributed by atoms with Crippen molar-refractivity contribution in [1.82, 2.24) is 4.98 Å². The minimum atomic E-state index is 0.468. The third-order valence-corrected chi connectivity index (χ3v) is 4.71. The molecule has 1 unspecified atom stereocenters. The predicted octanol–water partition coefficient (Wildman–Crippen LogP) is 3.63. The predicted molar refractivity (Wildman–Crippen MR) is 72.3 cm³/mol. The summed E-state index contributed by atoms with van der Waals surface area (Å²) in [5.41, 5.74) is 8.07. The van der Waals surface area contributed by atoms with E-state index >= 15 is 0 Å². The van der Waals surface area contributed by atoms with Crippen LogP contribution in [-0.4, -0.2) is 11.5 Å². The summed E-state index contributed by atoms with van der Waals surface area (Å²) in [4.78, 5) is 6.01. The van der Waals surface area contributed by atoms with Crippen molar-refractivity contribution in [3.8, 4) is 9.88 Å². The van der Waals surface area contributed by atoms with Crippen molar-refractivity contribution < 1.29 is 0 Å². The van der Waals surface area contributed by atoms with Crippen molar-refractivity contribution in [3.63, 3.8) is 0 Å². The number of nitrogens with two attached hydrogens (primary N) is 1. The summed E-state index contributed by atoms with van der Waals surface area (Å²) in [7, 11) is 0. The standard InChI is InChI=1S/C12H16N2S2/c1-8(3-5-13)10-7-16-12(14-10)11-9(2)4-6-15-11/h4,6-8H,3,5,13H2,1-2H3. The molecule has 2 rings (SSSR count). The number of thiophene rings is 1. The van der Waals surface area contributed by atoms with Gasteiger partial charge < -0.3 is 5.73 Å². The maximum Gasteiger partial charge on any atom is 0.133 e. The van der Waals surface area contributed by atoms with E-state index in [0.29, 0.717) is 5.92 Å². The van der Waals surface area contributed by atoms with Gasteiger partial charge in [0, 0.05) is 11.3 Å². The molecule has 0 fully saturated rings. The van der Waals surface area contributed by atoms with Crippen molar-refractivity contribution in [1.29, 1.82) is 0 Å².